The van der Waals surface area contributed by atoms with Gasteiger partial charge >= 0.3 is 0 Å². The topological polar surface area (TPSA) is 101 Å². The molecule has 1 heterocycles. The molecule has 0 aliphatic carbocycles. The van der Waals surface area contributed by atoms with E-state index in [4.69, 9.17) is 11.6 Å². The highest BCUT2D eigenvalue weighted by Crippen LogP contribution is 2.22. The number of amides is 1. The molecule has 0 fully saturated rings. The highest BCUT2D eigenvalue weighted by molar-refractivity contribution is 7.89. The zero-order valence-corrected chi connectivity index (χ0v) is 17.6. The minimum atomic E-state index is -3.97. The van der Waals surface area contributed by atoms with Crippen LogP contribution in [0.25, 0.3) is 11.0 Å². The molecular formula is C18H19ClN4O3S2. The summed E-state index contributed by atoms with van der Waals surface area (Å²) < 4.78 is 36.5. The molecule has 0 unspecified atom stereocenters. The van der Waals surface area contributed by atoms with Gasteiger partial charge in [-0.3, -0.25) is 4.79 Å². The molecule has 3 aromatic rings. The molecule has 7 nitrogen and oxygen atoms in total. The molecule has 0 saturated heterocycles. The van der Waals surface area contributed by atoms with E-state index in [2.05, 4.69) is 18.8 Å². The molecule has 0 spiro atoms. The highest BCUT2D eigenvalue weighted by atomic mass is 35.5. The Bertz CT molecular complexity index is 1100. The Morgan fingerprint density at radius 1 is 1.14 bits per heavy atom. The standard InChI is InChI=1S/C18H19ClN4O3S2/c1-11(2)16(18(24)20-10-12-6-3-4-7-13(12)19)23-28(25,26)15-9-5-8-14-17(15)22-27-21-14/h3-9,11,16,23H,10H2,1-2H3,(H,20,24)/t16-/m1/s1. The van der Waals surface area contributed by atoms with Gasteiger partial charge in [-0.05, 0) is 29.7 Å². The predicted octanol–water partition coefficient (Wildman–Crippen LogP) is 2.96. The van der Waals surface area contributed by atoms with Crippen LogP contribution in [-0.4, -0.2) is 29.1 Å². The number of nitrogens with one attached hydrogen (secondary N) is 2. The normalized spacial score (nSPS) is 13.0. The SMILES string of the molecule is CC(C)[C@@H](NS(=O)(=O)c1cccc2nsnc12)C(=O)NCc1ccccc1Cl. The molecular weight excluding hydrogens is 420 g/mol. The van der Waals surface area contributed by atoms with Crippen LogP contribution >= 0.6 is 23.3 Å². The molecule has 0 aliphatic rings. The summed E-state index contributed by atoms with van der Waals surface area (Å²) in [5.41, 5.74) is 1.54. The number of nitrogens with zero attached hydrogens (tertiary/aromatic N) is 2. The van der Waals surface area contributed by atoms with E-state index in [0.29, 0.717) is 16.1 Å². The number of rotatable bonds is 7. The van der Waals surface area contributed by atoms with Crippen LogP contribution in [0.4, 0.5) is 0 Å². The van der Waals surface area contributed by atoms with Crippen LogP contribution in [0, 0.1) is 5.92 Å². The van der Waals surface area contributed by atoms with E-state index in [1.807, 2.05) is 6.07 Å². The molecule has 2 N–H and O–H groups in total. The van der Waals surface area contributed by atoms with Gasteiger partial charge in [-0.15, -0.1) is 0 Å². The van der Waals surface area contributed by atoms with Gasteiger partial charge < -0.3 is 5.32 Å². The molecule has 2 aromatic carbocycles. The third-order valence-electron chi connectivity index (χ3n) is 4.18. The number of benzene rings is 2. The molecule has 1 aromatic heterocycles. The number of carbonyl (C=O) groups excluding carboxylic acids is 1. The van der Waals surface area contributed by atoms with Crippen LogP contribution in [0.3, 0.4) is 0 Å². The van der Waals surface area contributed by atoms with Gasteiger partial charge in [-0.25, -0.2) is 8.42 Å². The largest absolute Gasteiger partial charge is 0.351 e. The lowest BCUT2D eigenvalue weighted by Gasteiger charge is -2.22. The van der Waals surface area contributed by atoms with E-state index in [-0.39, 0.29) is 17.4 Å². The highest BCUT2D eigenvalue weighted by Gasteiger charge is 2.30. The van der Waals surface area contributed by atoms with Crippen molar-refractivity contribution in [1.29, 1.82) is 0 Å². The summed E-state index contributed by atoms with van der Waals surface area (Å²) in [7, 11) is -3.97. The summed E-state index contributed by atoms with van der Waals surface area (Å²) >= 11 is 7.04. The summed E-state index contributed by atoms with van der Waals surface area (Å²) in [4.78, 5) is 12.7. The van der Waals surface area contributed by atoms with Crippen molar-refractivity contribution in [3.8, 4) is 0 Å². The number of carbonyl (C=O) groups is 1. The number of sulfonamides is 1. The second-order valence-electron chi connectivity index (χ2n) is 6.54. The fourth-order valence-electron chi connectivity index (χ4n) is 2.66. The number of fused-ring (bicyclic) bond motifs is 1. The molecule has 10 heteroatoms. The average Bonchev–Trinajstić information content (AvgIpc) is 3.13. The van der Waals surface area contributed by atoms with E-state index >= 15 is 0 Å². The van der Waals surface area contributed by atoms with E-state index in [1.54, 1.807) is 44.2 Å². The molecule has 0 bridgehead atoms. The molecule has 0 radical (unpaired) electrons. The summed E-state index contributed by atoms with van der Waals surface area (Å²) in [5.74, 6) is -0.698. The van der Waals surface area contributed by atoms with Gasteiger partial charge in [-0.2, -0.15) is 13.5 Å². The van der Waals surface area contributed by atoms with Crippen molar-refractivity contribution in [2.45, 2.75) is 31.3 Å². The first-order valence-corrected chi connectivity index (χ1v) is 11.1. The number of aromatic nitrogens is 2. The van der Waals surface area contributed by atoms with E-state index in [9.17, 15) is 13.2 Å². The summed E-state index contributed by atoms with van der Waals surface area (Å²) in [6, 6.07) is 10.9. The predicted molar refractivity (Wildman–Crippen MR) is 110 cm³/mol. The lowest BCUT2D eigenvalue weighted by atomic mass is 10.0. The summed E-state index contributed by atoms with van der Waals surface area (Å²) in [6.07, 6.45) is 0. The van der Waals surface area contributed by atoms with Crippen LogP contribution in [-0.2, 0) is 21.4 Å². The van der Waals surface area contributed by atoms with Gasteiger partial charge in [0.25, 0.3) is 0 Å². The smallest absolute Gasteiger partial charge is 0.243 e. The second-order valence-corrected chi connectivity index (χ2v) is 9.16. The van der Waals surface area contributed by atoms with Crippen molar-refractivity contribution < 1.29 is 13.2 Å². The van der Waals surface area contributed by atoms with Gasteiger partial charge in [0.15, 0.2) is 0 Å². The quantitative estimate of drug-likeness (QED) is 0.590. The molecule has 3 rings (SSSR count). The number of hydrogen-bond acceptors (Lipinski definition) is 6. The van der Waals surface area contributed by atoms with E-state index in [1.165, 1.54) is 6.07 Å². The lowest BCUT2D eigenvalue weighted by molar-refractivity contribution is -0.123. The fraction of sp³-hybridized carbons (Fsp3) is 0.278. The zero-order chi connectivity index (χ0) is 20.3. The molecule has 1 amide bonds. The monoisotopic (exact) mass is 438 g/mol. The van der Waals surface area contributed by atoms with Crippen molar-refractivity contribution in [2.24, 2.45) is 5.92 Å². The van der Waals surface area contributed by atoms with Crippen molar-refractivity contribution in [3.05, 3.63) is 53.1 Å². The van der Waals surface area contributed by atoms with Crippen LogP contribution in [0.15, 0.2) is 47.4 Å². The van der Waals surface area contributed by atoms with Crippen molar-refractivity contribution in [2.75, 3.05) is 0 Å². The zero-order valence-electron chi connectivity index (χ0n) is 15.2. The third-order valence-corrected chi connectivity index (χ3v) is 6.56. The first-order valence-electron chi connectivity index (χ1n) is 8.54. The Kier molecular flexibility index (Phi) is 6.29. The Labute approximate surface area is 172 Å². The number of hydrogen-bond donors (Lipinski definition) is 2. The van der Waals surface area contributed by atoms with Gasteiger partial charge in [0, 0.05) is 11.6 Å². The minimum absolute atomic E-state index is 0.00306. The molecule has 0 saturated carbocycles. The maximum Gasteiger partial charge on any atom is 0.243 e. The molecule has 28 heavy (non-hydrogen) atoms. The van der Waals surface area contributed by atoms with Crippen LogP contribution in [0.5, 0.6) is 0 Å². The first-order chi connectivity index (χ1) is 13.3. The number of halogens is 1. The summed E-state index contributed by atoms with van der Waals surface area (Å²) in [6.45, 7) is 3.75. The second kappa shape index (κ2) is 8.52. The fourth-order valence-corrected chi connectivity index (χ4v) is 4.97. The molecule has 148 valence electrons. The van der Waals surface area contributed by atoms with Crippen LogP contribution in [0.1, 0.15) is 19.4 Å². The maximum atomic E-state index is 12.9. The van der Waals surface area contributed by atoms with Crippen LogP contribution < -0.4 is 10.0 Å². The molecule has 0 aliphatic heterocycles. The first kappa shape index (κ1) is 20.7. The maximum absolute atomic E-state index is 12.9. The van der Waals surface area contributed by atoms with Crippen LogP contribution in [0.2, 0.25) is 5.02 Å². The Balaban J connectivity index is 1.79. The van der Waals surface area contributed by atoms with Gasteiger partial charge in [0.2, 0.25) is 15.9 Å². The average molecular weight is 439 g/mol. The van der Waals surface area contributed by atoms with E-state index in [0.717, 1.165) is 17.3 Å². The van der Waals surface area contributed by atoms with Gasteiger partial charge in [-0.1, -0.05) is 49.7 Å². The summed E-state index contributed by atoms with van der Waals surface area (Å²) in [5, 5.41) is 3.29. The van der Waals surface area contributed by atoms with Gasteiger partial charge in [0.05, 0.1) is 11.7 Å². The Hall–Kier alpha value is -2.07. The van der Waals surface area contributed by atoms with E-state index < -0.39 is 22.0 Å². The van der Waals surface area contributed by atoms with Crippen molar-refractivity contribution in [1.82, 2.24) is 18.8 Å². The third kappa shape index (κ3) is 4.49. The van der Waals surface area contributed by atoms with Gasteiger partial charge in [0.1, 0.15) is 22.0 Å². The Morgan fingerprint density at radius 2 is 1.89 bits per heavy atom. The Morgan fingerprint density at radius 3 is 2.61 bits per heavy atom. The lowest BCUT2D eigenvalue weighted by Crippen LogP contribution is -2.49. The van der Waals surface area contributed by atoms with Crippen molar-refractivity contribution >= 4 is 50.3 Å². The van der Waals surface area contributed by atoms with Crippen molar-refractivity contribution in [3.63, 3.8) is 0 Å². The minimum Gasteiger partial charge on any atom is -0.351 e. The molecule has 1 atom stereocenters.